The molecule has 3 N–H and O–H groups in total. The second kappa shape index (κ2) is 6.52. The number of rotatable bonds is 3. The standard InChI is InChI=1S/C15H21N3O2/c1-10-6-7-11(14(19)16-2)9-13(10)18-15(20)12-5-3-4-8-17-12/h6-7,9,12,17H,3-5,8H2,1-2H3,(H,16,19)(H,18,20). The topological polar surface area (TPSA) is 70.2 Å². The number of aryl methyl sites for hydroxylation is 1. The average Bonchev–Trinajstić information content (AvgIpc) is 2.49. The first-order valence-corrected chi connectivity index (χ1v) is 6.99. The van der Waals surface area contributed by atoms with Gasteiger partial charge in [-0.1, -0.05) is 12.5 Å². The minimum Gasteiger partial charge on any atom is -0.355 e. The quantitative estimate of drug-likeness (QED) is 0.781. The van der Waals surface area contributed by atoms with Crippen LogP contribution in [0, 0.1) is 6.92 Å². The Morgan fingerprint density at radius 1 is 1.30 bits per heavy atom. The number of carbonyl (C=O) groups excluding carboxylic acids is 2. The molecule has 108 valence electrons. The Labute approximate surface area is 119 Å². The van der Waals surface area contributed by atoms with E-state index in [4.69, 9.17) is 0 Å². The summed E-state index contributed by atoms with van der Waals surface area (Å²) in [6, 6.07) is 5.18. The van der Waals surface area contributed by atoms with Gasteiger partial charge >= 0.3 is 0 Å². The van der Waals surface area contributed by atoms with Crippen molar-refractivity contribution in [3.8, 4) is 0 Å². The summed E-state index contributed by atoms with van der Waals surface area (Å²) < 4.78 is 0. The zero-order valence-corrected chi connectivity index (χ0v) is 12.0. The fraction of sp³-hybridized carbons (Fsp3) is 0.467. The smallest absolute Gasteiger partial charge is 0.251 e. The lowest BCUT2D eigenvalue weighted by atomic mass is 10.0. The maximum Gasteiger partial charge on any atom is 0.251 e. The molecule has 1 aromatic rings. The van der Waals surface area contributed by atoms with Crippen LogP contribution in [-0.4, -0.2) is 31.4 Å². The van der Waals surface area contributed by atoms with Crippen LogP contribution < -0.4 is 16.0 Å². The molecule has 0 aromatic heterocycles. The van der Waals surface area contributed by atoms with E-state index in [1.54, 1.807) is 19.2 Å². The molecule has 1 aliphatic heterocycles. The van der Waals surface area contributed by atoms with Crippen LogP contribution in [0.3, 0.4) is 0 Å². The van der Waals surface area contributed by atoms with E-state index in [1.165, 1.54) is 0 Å². The largest absolute Gasteiger partial charge is 0.355 e. The van der Waals surface area contributed by atoms with Gasteiger partial charge in [0.05, 0.1) is 6.04 Å². The summed E-state index contributed by atoms with van der Waals surface area (Å²) in [4.78, 5) is 23.8. The Kier molecular flexibility index (Phi) is 4.74. The Balaban J connectivity index is 2.11. The molecule has 20 heavy (non-hydrogen) atoms. The van der Waals surface area contributed by atoms with Gasteiger partial charge in [-0.3, -0.25) is 9.59 Å². The lowest BCUT2D eigenvalue weighted by molar-refractivity contribution is -0.118. The first kappa shape index (κ1) is 14.5. The predicted molar refractivity (Wildman–Crippen MR) is 78.8 cm³/mol. The van der Waals surface area contributed by atoms with Crippen molar-refractivity contribution < 1.29 is 9.59 Å². The van der Waals surface area contributed by atoms with Crippen molar-refractivity contribution in [3.05, 3.63) is 29.3 Å². The van der Waals surface area contributed by atoms with Gasteiger partial charge in [0.15, 0.2) is 0 Å². The van der Waals surface area contributed by atoms with Gasteiger partial charge < -0.3 is 16.0 Å². The fourth-order valence-corrected chi connectivity index (χ4v) is 2.34. The average molecular weight is 275 g/mol. The lowest BCUT2D eigenvalue weighted by Crippen LogP contribution is -2.43. The van der Waals surface area contributed by atoms with Crippen molar-refractivity contribution >= 4 is 17.5 Å². The summed E-state index contributed by atoms with van der Waals surface area (Å²) in [5, 5.41) is 8.71. The minimum atomic E-state index is -0.156. The normalized spacial score (nSPS) is 18.4. The van der Waals surface area contributed by atoms with E-state index >= 15 is 0 Å². The van der Waals surface area contributed by atoms with Gasteiger partial charge in [0.25, 0.3) is 5.91 Å². The van der Waals surface area contributed by atoms with Gasteiger partial charge in [0.1, 0.15) is 0 Å². The first-order chi connectivity index (χ1) is 9.61. The van der Waals surface area contributed by atoms with E-state index in [9.17, 15) is 9.59 Å². The van der Waals surface area contributed by atoms with Gasteiger partial charge in [-0.25, -0.2) is 0 Å². The molecule has 2 rings (SSSR count). The summed E-state index contributed by atoms with van der Waals surface area (Å²) in [7, 11) is 1.59. The van der Waals surface area contributed by atoms with Gasteiger partial charge in [-0.2, -0.15) is 0 Å². The zero-order chi connectivity index (χ0) is 14.5. The molecule has 5 nitrogen and oxygen atoms in total. The van der Waals surface area contributed by atoms with E-state index in [2.05, 4.69) is 16.0 Å². The molecular weight excluding hydrogens is 254 g/mol. The molecule has 1 atom stereocenters. The van der Waals surface area contributed by atoms with Crippen molar-refractivity contribution in [2.45, 2.75) is 32.2 Å². The number of hydrogen-bond donors (Lipinski definition) is 3. The second-order valence-corrected chi connectivity index (χ2v) is 5.10. The second-order valence-electron chi connectivity index (χ2n) is 5.10. The van der Waals surface area contributed by atoms with Gasteiger partial charge in [0, 0.05) is 18.3 Å². The molecule has 0 radical (unpaired) electrons. The third-order valence-electron chi connectivity index (χ3n) is 3.61. The third kappa shape index (κ3) is 3.36. The molecule has 2 amide bonds. The summed E-state index contributed by atoms with van der Waals surface area (Å²) >= 11 is 0. The van der Waals surface area contributed by atoms with E-state index in [0.717, 1.165) is 31.4 Å². The van der Waals surface area contributed by atoms with Gasteiger partial charge in [-0.15, -0.1) is 0 Å². The van der Waals surface area contributed by atoms with Crippen molar-refractivity contribution in [2.24, 2.45) is 0 Å². The summed E-state index contributed by atoms with van der Waals surface area (Å²) in [5.74, 6) is -0.182. The van der Waals surface area contributed by atoms with Crippen molar-refractivity contribution in [1.82, 2.24) is 10.6 Å². The molecule has 0 bridgehead atoms. The van der Waals surface area contributed by atoms with Crippen molar-refractivity contribution in [3.63, 3.8) is 0 Å². The number of carbonyl (C=O) groups is 2. The van der Waals surface area contributed by atoms with Crippen LogP contribution in [0.4, 0.5) is 5.69 Å². The van der Waals surface area contributed by atoms with Crippen LogP contribution >= 0.6 is 0 Å². The van der Waals surface area contributed by atoms with E-state index in [0.29, 0.717) is 11.3 Å². The monoisotopic (exact) mass is 275 g/mol. The molecule has 5 heteroatoms. The Morgan fingerprint density at radius 3 is 2.75 bits per heavy atom. The SMILES string of the molecule is CNC(=O)c1ccc(C)c(NC(=O)C2CCCCN2)c1. The molecule has 1 aliphatic rings. The predicted octanol–water partition coefficient (Wildman–Crippen LogP) is 1.44. The fourth-order valence-electron chi connectivity index (χ4n) is 2.34. The van der Waals surface area contributed by atoms with E-state index in [-0.39, 0.29) is 17.9 Å². The Hall–Kier alpha value is -1.88. The minimum absolute atomic E-state index is 0.0261. The molecule has 0 saturated carbocycles. The van der Waals surface area contributed by atoms with Crippen LogP contribution in [0.2, 0.25) is 0 Å². The number of anilines is 1. The highest BCUT2D eigenvalue weighted by atomic mass is 16.2. The highest BCUT2D eigenvalue weighted by Crippen LogP contribution is 2.18. The molecule has 0 aliphatic carbocycles. The molecule has 1 saturated heterocycles. The van der Waals surface area contributed by atoms with Crippen molar-refractivity contribution in [2.75, 3.05) is 18.9 Å². The first-order valence-electron chi connectivity index (χ1n) is 6.99. The molecule has 1 aromatic carbocycles. The molecule has 0 spiro atoms. The van der Waals surface area contributed by atoms with Crippen LogP contribution in [0.25, 0.3) is 0 Å². The summed E-state index contributed by atoms with van der Waals surface area (Å²) in [5.41, 5.74) is 2.19. The highest BCUT2D eigenvalue weighted by Gasteiger charge is 2.21. The van der Waals surface area contributed by atoms with Gasteiger partial charge in [0.2, 0.25) is 5.91 Å². The number of hydrogen-bond acceptors (Lipinski definition) is 3. The van der Waals surface area contributed by atoms with Gasteiger partial charge in [-0.05, 0) is 44.0 Å². The summed E-state index contributed by atoms with van der Waals surface area (Å²) in [6.45, 7) is 2.80. The molecule has 1 fully saturated rings. The maximum absolute atomic E-state index is 12.2. The van der Waals surface area contributed by atoms with E-state index < -0.39 is 0 Å². The molecule has 1 heterocycles. The van der Waals surface area contributed by atoms with Crippen LogP contribution in [-0.2, 0) is 4.79 Å². The number of nitrogens with one attached hydrogen (secondary N) is 3. The Morgan fingerprint density at radius 2 is 2.10 bits per heavy atom. The molecule has 1 unspecified atom stereocenters. The van der Waals surface area contributed by atoms with Crippen molar-refractivity contribution in [1.29, 1.82) is 0 Å². The Bertz CT molecular complexity index is 508. The maximum atomic E-state index is 12.2. The lowest BCUT2D eigenvalue weighted by Gasteiger charge is -2.23. The van der Waals surface area contributed by atoms with Crippen LogP contribution in [0.15, 0.2) is 18.2 Å². The van der Waals surface area contributed by atoms with Crippen LogP contribution in [0.1, 0.15) is 35.2 Å². The zero-order valence-electron chi connectivity index (χ0n) is 12.0. The number of amides is 2. The third-order valence-corrected chi connectivity index (χ3v) is 3.61. The number of benzene rings is 1. The number of piperidine rings is 1. The highest BCUT2D eigenvalue weighted by molar-refractivity contribution is 5.99. The molecular formula is C15H21N3O2. The summed E-state index contributed by atoms with van der Waals surface area (Å²) in [6.07, 6.45) is 3.05. The van der Waals surface area contributed by atoms with E-state index in [1.807, 2.05) is 13.0 Å². The van der Waals surface area contributed by atoms with Crippen LogP contribution in [0.5, 0.6) is 0 Å².